The molecule has 0 saturated heterocycles. The summed E-state index contributed by atoms with van der Waals surface area (Å²) in [6, 6.07) is 16.7. The topological polar surface area (TPSA) is 69.7 Å². The van der Waals surface area contributed by atoms with Crippen LogP contribution in [-0.2, 0) is 9.22 Å². The fraction of sp³-hybridized carbons (Fsp3) is 0.0909. The van der Waals surface area contributed by atoms with Gasteiger partial charge in [0.1, 0.15) is 17.3 Å². The van der Waals surface area contributed by atoms with Crippen molar-refractivity contribution in [3.63, 3.8) is 0 Å². The number of carbonyl (C=O) groups excluding carboxylic acids is 1. The summed E-state index contributed by atoms with van der Waals surface area (Å²) >= 11 is 2.67. The largest absolute Gasteiger partial charge is 0.457 e. The van der Waals surface area contributed by atoms with E-state index in [1.807, 2.05) is 54.8 Å². The third-order valence-corrected chi connectivity index (χ3v) is 5.73. The standard InChI is InChI=1S/C22H18N2O4S2/c1-14-3-8-21(23-13-14)24-22(25)15-11-19(18-9-10-29-20(18)12-15)27-16-4-6-17(7-5-16)30-28-26-2/h3-13H,1-2H3,(H,23,24,25). The van der Waals surface area contributed by atoms with Crippen LogP contribution in [0.5, 0.6) is 11.5 Å². The lowest BCUT2D eigenvalue weighted by Crippen LogP contribution is -2.13. The third kappa shape index (κ3) is 4.80. The van der Waals surface area contributed by atoms with Crippen molar-refractivity contribution in [3.05, 3.63) is 77.3 Å². The Bertz CT molecular complexity index is 1160. The fourth-order valence-electron chi connectivity index (χ4n) is 2.75. The highest BCUT2D eigenvalue weighted by Gasteiger charge is 2.14. The van der Waals surface area contributed by atoms with Gasteiger partial charge in [0, 0.05) is 26.7 Å². The molecule has 4 aromatic rings. The van der Waals surface area contributed by atoms with Crippen molar-refractivity contribution in [3.8, 4) is 11.5 Å². The summed E-state index contributed by atoms with van der Waals surface area (Å²) in [5, 5.41) is 5.76. The Labute approximate surface area is 181 Å². The van der Waals surface area contributed by atoms with E-state index in [4.69, 9.17) is 9.07 Å². The SMILES string of the molecule is COOSc1ccc(Oc2cc(C(=O)Nc3ccc(C)cn3)cc3sccc23)cc1. The van der Waals surface area contributed by atoms with Crippen molar-refractivity contribution in [1.29, 1.82) is 0 Å². The summed E-state index contributed by atoms with van der Waals surface area (Å²) < 4.78 is 11.9. The zero-order valence-corrected chi connectivity index (χ0v) is 17.9. The first-order valence-corrected chi connectivity index (χ1v) is 10.6. The van der Waals surface area contributed by atoms with E-state index in [1.165, 1.54) is 7.11 Å². The first-order valence-electron chi connectivity index (χ1n) is 9.03. The number of carbonyl (C=O) groups is 1. The number of ether oxygens (including phenoxy) is 1. The van der Waals surface area contributed by atoms with Crippen LogP contribution in [0.25, 0.3) is 10.1 Å². The highest BCUT2D eigenvalue weighted by atomic mass is 32.2. The molecule has 0 spiro atoms. The number of hydrogen-bond acceptors (Lipinski definition) is 7. The molecule has 0 aliphatic heterocycles. The van der Waals surface area contributed by atoms with E-state index < -0.39 is 0 Å². The van der Waals surface area contributed by atoms with E-state index >= 15 is 0 Å². The normalized spacial score (nSPS) is 10.9. The molecular formula is C22H18N2O4S2. The Morgan fingerprint density at radius 3 is 2.67 bits per heavy atom. The van der Waals surface area contributed by atoms with Crippen LogP contribution in [-0.4, -0.2) is 18.0 Å². The molecule has 1 amide bonds. The number of nitrogens with zero attached hydrogens (tertiary/aromatic N) is 1. The summed E-state index contributed by atoms with van der Waals surface area (Å²) in [6.07, 6.45) is 1.71. The zero-order chi connectivity index (χ0) is 20.9. The quantitative estimate of drug-likeness (QED) is 0.209. The number of fused-ring (bicyclic) bond motifs is 1. The monoisotopic (exact) mass is 438 g/mol. The summed E-state index contributed by atoms with van der Waals surface area (Å²) in [7, 11) is 1.45. The van der Waals surface area contributed by atoms with Gasteiger partial charge in [-0.2, -0.15) is 4.33 Å². The molecule has 0 unspecified atom stereocenters. The average molecular weight is 439 g/mol. The van der Waals surface area contributed by atoms with Gasteiger partial charge in [0.25, 0.3) is 5.91 Å². The molecule has 0 fully saturated rings. The predicted octanol–water partition coefficient (Wildman–Crippen LogP) is 6.23. The van der Waals surface area contributed by atoms with Crippen molar-refractivity contribution >= 4 is 45.2 Å². The molecule has 4 rings (SSSR count). The summed E-state index contributed by atoms with van der Waals surface area (Å²) in [4.78, 5) is 22.5. The number of thiophene rings is 1. The van der Waals surface area contributed by atoms with E-state index in [2.05, 4.69) is 15.2 Å². The maximum absolute atomic E-state index is 12.8. The van der Waals surface area contributed by atoms with E-state index in [1.54, 1.807) is 29.7 Å². The van der Waals surface area contributed by atoms with Crippen molar-refractivity contribution in [2.24, 2.45) is 0 Å². The molecule has 2 aromatic heterocycles. The minimum absolute atomic E-state index is 0.241. The van der Waals surface area contributed by atoms with Crippen LogP contribution in [0.2, 0.25) is 0 Å². The average Bonchev–Trinajstić information content (AvgIpc) is 3.24. The molecule has 8 heteroatoms. The van der Waals surface area contributed by atoms with Crippen LogP contribution in [0, 0.1) is 6.92 Å². The Kier molecular flexibility index (Phi) is 6.29. The molecule has 0 aliphatic rings. The van der Waals surface area contributed by atoms with Crippen molar-refractivity contribution < 1.29 is 18.8 Å². The molecule has 0 bridgehead atoms. The minimum Gasteiger partial charge on any atom is -0.457 e. The highest BCUT2D eigenvalue weighted by Crippen LogP contribution is 2.35. The minimum atomic E-state index is -0.241. The van der Waals surface area contributed by atoms with Gasteiger partial charge in [0.05, 0.1) is 19.2 Å². The highest BCUT2D eigenvalue weighted by molar-refractivity contribution is 7.94. The van der Waals surface area contributed by atoms with Gasteiger partial charge in [-0.05, 0) is 66.4 Å². The molecule has 2 aromatic carbocycles. The zero-order valence-electron chi connectivity index (χ0n) is 16.2. The number of nitrogens with one attached hydrogen (secondary N) is 1. The Morgan fingerprint density at radius 1 is 1.10 bits per heavy atom. The van der Waals surface area contributed by atoms with Crippen molar-refractivity contribution in [2.45, 2.75) is 11.8 Å². The second-order valence-electron chi connectivity index (χ2n) is 6.37. The number of hydrogen-bond donors (Lipinski definition) is 1. The molecule has 0 aliphatic carbocycles. The van der Waals surface area contributed by atoms with Gasteiger partial charge in [-0.15, -0.1) is 11.3 Å². The van der Waals surface area contributed by atoms with Crippen LogP contribution < -0.4 is 10.1 Å². The Balaban J connectivity index is 1.58. The van der Waals surface area contributed by atoms with E-state index in [0.29, 0.717) is 22.9 Å². The van der Waals surface area contributed by atoms with Gasteiger partial charge in [0.15, 0.2) is 0 Å². The maximum atomic E-state index is 12.8. The number of benzene rings is 2. The first-order chi connectivity index (χ1) is 14.6. The van der Waals surface area contributed by atoms with Crippen molar-refractivity contribution in [1.82, 2.24) is 4.98 Å². The molecule has 1 N–H and O–H groups in total. The lowest BCUT2D eigenvalue weighted by molar-refractivity contribution is -0.160. The number of aryl methyl sites for hydroxylation is 1. The van der Waals surface area contributed by atoms with Crippen LogP contribution in [0.4, 0.5) is 5.82 Å². The van der Waals surface area contributed by atoms with Gasteiger partial charge in [-0.25, -0.2) is 9.87 Å². The lowest BCUT2D eigenvalue weighted by atomic mass is 10.1. The number of pyridine rings is 1. The number of amides is 1. The first kappa shape index (κ1) is 20.4. The van der Waals surface area contributed by atoms with Crippen LogP contribution in [0.3, 0.4) is 0 Å². The van der Waals surface area contributed by atoms with Crippen LogP contribution in [0.1, 0.15) is 15.9 Å². The van der Waals surface area contributed by atoms with E-state index in [-0.39, 0.29) is 5.91 Å². The summed E-state index contributed by atoms with van der Waals surface area (Å²) in [5.74, 6) is 1.53. The van der Waals surface area contributed by atoms with Crippen LogP contribution >= 0.6 is 23.4 Å². The molecule has 30 heavy (non-hydrogen) atoms. The number of anilines is 1. The predicted molar refractivity (Wildman–Crippen MR) is 119 cm³/mol. The maximum Gasteiger partial charge on any atom is 0.257 e. The van der Waals surface area contributed by atoms with Gasteiger partial charge in [0.2, 0.25) is 0 Å². The number of rotatable bonds is 7. The fourth-order valence-corrected chi connectivity index (χ4v) is 3.98. The van der Waals surface area contributed by atoms with E-state index in [9.17, 15) is 4.79 Å². The molecule has 0 saturated carbocycles. The molecule has 2 heterocycles. The molecule has 152 valence electrons. The Hall–Kier alpha value is -2.91. The van der Waals surface area contributed by atoms with Gasteiger partial charge >= 0.3 is 0 Å². The van der Waals surface area contributed by atoms with Crippen LogP contribution in [0.15, 0.2) is 71.1 Å². The molecule has 0 atom stereocenters. The Morgan fingerprint density at radius 2 is 1.93 bits per heavy atom. The third-order valence-electron chi connectivity index (χ3n) is 4.20. The molecule has 6 nitrogen and oxygen atoms in total. The van der Waals surface area contributed by atoms with Gasteiger partial charge in [-0.1, -0.05) is 6.07 Å². The summed E-state index contributed by atoms with van der Waals surface area (Å²) in [6.45, 7) is 1.95. The smallest absolute Gasteiger partial charge is 0.257 e. The summed E-state index contributed by atoms with van der Waals surface area (Å²) in [5.41, 5.74) is 1.53. The van der Waals surface area contributed by atoms with E-state index in [0.717, 1.165) is 32.6 Å². The second kappa shape index (κ2) is 9.27. The van der Waals surface area contributed by atoms with Gasteiger partial charge < -0.3 is 10.1 Å². The molecular weight excluding hydrogens is 420 g/mol. The second-order valence-corrected chi connectivity index (χ2v) is 8.10. The lowest BCUT2D eigenvalue weighted by Gasteiger charge is -2.11. The van der Waals surface area contributed by atoms with Gasteiger partial charge in [-0.3, -0.25) is 4.79 Å². The number of aromatic nitrogens is 1. The van der Waals surface area contributed by atoms with Crippen molar-refractivity contribution in [2.75, 3.05) is 12.4 Å². The molecule has 0 radical (unpaired) electrons.